The minimum absolute atomic E-state index is 0.0578. The molecule has 0 radical (unpaired) electrons. The number of fused-ring (bicyclic) bond motifs is 1. The third-order valence-electron chi connectivity index (χ3n) is 4.03. The number of aromatic nitrogens is 4. The van der Waals surface area contributed by atoms with Gasteiger partial charge in [-0.1, -0.05) is 23.4 Å². The zero-order valence-corrected chi connectivity index (χ0v) is 14.6. The molecule has 0 bridgehead atoms. The lowest BCUT2D eigenvalue weighted by atomic mass is 10.1. The summed E-state index contributed by atoms with van der Waals surface area (Å²) in [5.74, 6) is 0.0578. The fourth-order valence-corrected chi connectivity index (χ4v) is 3.25. The lowest BCUT2D eigenvalue weighted by molar-refractivity contribution is 0.581. The van der Waals surface area contributed by atoms with E-state index >= 15 is 0 Å². The average Bonchev–Trinajstić information content (AvgIpc) is 3.16. The van der Waals surface area contributed by atoms with Crippen LogP contribution in [0.3, 0.4) is 0 Å². The van der Waals surface area contributed by atoms with Gasteiger partial charge in [-0.25, -0.2) is 13.1 Å². The maximum Gasteiger partial charge on any atom is 0.211 e. The summed E-state index contributed by atoms with van der Waals surface area (Å²) in [7, 11) is -1.17. The van der Waals surface area contributed by atoms with Gasteiger partial charge in [0.1, 0.15) is 0 Å². The molecule has 8 heteroatoms. The molecule has 0 saturated heterocycles. The molecule has 24 heavy (non-hydrogen) atoms. The third-order valence-corrected chi connectivity index (χ3v) is 5.37. The van der Waals surface area contributed by atoms with E-state index in [1.165, 1.54) is 16.5 Å². The average molecular weight is 347 g/mol. The Hall–Kier alpha value is -2.19. The summed E-state index contributed by atoms with van der Waals surface area (Å²) in [6.07, 6.45) is 4.76. The molecule has 2 aromatic heterocycles. The molecule has 2 heterocycles. The first-order valence-electron chi connectivity index (χ1n) is 7.88. The minimum Gasteiger partial charge on any atom is -0.350 e. The Labute approximate surface area is 141 Å². The molecule has 0 aliphatic carbocycles. The standard InChI is InChI=1S/C16H21N5O2S/c1-3-24(22,23)17-10-14-12-21(19-18-14)9-8-13-11-20(2)16-7-5-4-6-15(13)16/h4-7,11-12,17H,3,8-10H2,1-2H3. The highest BCUT2D eigenvalue weighted by Gasteiger charge is 2.09. The van der Waals surface area contributed by atoms with E-state index in [4.69, 9.17) is 0 Å². The van der Waals surface area contributed by atoms with Gasteiger partial charge < -0.3 is 4.57 Å². The molecular weight excluding hydrogens is 326 g/mol. The Morgan fingerprint density at radius 2 is 2.00 bits per heavy atom. The summed E-state index contributed by atoms with van der Waals surface area (Å²) < 4.78 is 29.3. The van der Waals surface area contributed by atoms with Crippen molar-refractivity contribution in [2.45, 2.75) is 26.4 Å². The fraction of sp³-hybridized carbons (Fsp3) is 0.375. The second-order valence-corrected chi connectivity index (χ2v) is 7.83. The zero-order chi connectivity index (χ0) is 17.2. The third kappa shape index (κ3) is 3.65. The number of hydrogen-bond acceptors (Lipinski definition) is 4. The monoisotopic (exact) mass is 347 g/mol. The number of benzene rings is 1. The number of para-hydroxylation sites is 1. The van der Waals surface area contributed by atoms with Crippen molar-refractivity contribution < 1.29 is 8.42 Å². The van der Waals surface area contributed by atoms with Crippen molar-refractivity contribution in [2.75, 3.05) is 5.75 Å². The van der Waals surface area contributed by atoms with Gasteiger partial charge in [0.2, 0.25) is 10.0 Å². The number of aryl methyl sites for hydroxylation is 3. The van der Waals surface area contributed by atoms with Crippen LogP contribution in [-0.4, -0.2) is 33.7 Å². The van der Waals surface area contributed by atoms with Gasteiger partial charge in [0.25, 0.3) is 0 Å². The molecule has 1 aromatic carbocycles. The van der Waals surface area contributed by atoms with Gasteiger partial charge in [0.15, 0.2) is 0 Å². The minimum atomic E-state index is -3.22. The van der Waals surface area contributed by atoms with E-state index in [2.05, 4.69) is 37.9 Å². The molecule has 0 atom stereocenters. The molecular formula is C16H21N5O2S. The van der Waals surface area contributed by atoms with Crippen LogP contribution in [0.5, 0.6) is 0 Å². The lowest BCUT2D eigenvalue weighted by Gasteiger charge is -2.01. The molecule has 7 nitrogen and oxygen atoms in total. The number of hydrogen-bond donors (Lipinski definition) is 1. The van der Waals surface area contributed by atoms with Crippen molar-refractivity contribution in [1.82, 2.24) is 24.3 Å². The first kappa shape index (κ1) is 16.7. The molecule has 1 N–H and O–H groups in total. The van der Waals surface area contributed by atoms with Gasteiger partial charge in [-0.15, -0.1) is 5.10 Å². The molecule has 0 spiro atoms. The summed E-state index contributed by atoms with van der Waals surface area (Å²) >= 11 is 0. The maximum absolute atomic E-state index is 11.4. The van der Waals surface area contributed by atoms with Crippen LogP contribution in [0.15, 0.2) is 36.7 Å². The van der Waals surface area contributed by atoms with Gasteiger partial charge in [-0.05, 0) is 25.0 Å². The summed E-state index contributed by atoms with van der Waals surface area (Å²) in [5.41, 5.74) is 3.09. The van der Waals surface area contributed by atoms with Crippen LogP contribution in [0.25, 0.3) is 10.9 Å². The highest BCUT2D eigenvalue weighted by molar-refractivity contribution is 7.89. The smallest absolute Gasteiger partial charge is 0.211 e. The highest BCUT2D eigenvalue weighted by Crippen LogP contribution is 2.20. The first-order valence-corrected chi connectivity index (χ1v) is 9.53. The summed E-state index contributed by atoms with van der Waals surface area (Å²) in [6, 6.07) is 8.30. The quantitative estimate of drug-likeness (QED) is 0.701. The van der Waals surface area contributed by atoms with Crippen molar-refractivity contribution in [2.24, 2.45) is 7.05 Å². The number of nitrogens with zero attached hydrogens (tertiary/aromatic N) is 4. The van der Waals surface area contributed by atoms with Crippen LogP contribution < -0.4 is 4.72 Å². The molecule has 0 saturated carbocycles. The fourth-order valence-electron chi connectivity index (χ4n) is 2.67. The van der Waals surface area contributed by atoms with Crippen LogP contribution in [0.4, 0.5) is 0 Å². The number of rotatable bonds is 7. The zero-order valence-electron chi connectivity index (χ0n) is 13.8. The van der Waals surface area contributed by atoms with Gasteiger partial charge in [-0.3, -0.25) is 4.68 Å². The van der Waals surface area contributed by atoms with E-state index in [0.29, 0.717) is 12.2 Å². The van der Waals surface area contributed by atoms with E-state index in [9.17, 15) is 8.42 Å². The predicted octanol–water partition coefficient (Wildman–Crippen LogP) is 1.45. The molecule has 3 rings (SSSR count). The second kappa shape index (κ2) is 6.74. The Balaban J connectivity index is 1.65. The van der Waals surface area contributed by atoms with E-state index in [0.717, 1.165) is 6.42 Å². The predicted molar refractivity (Wildman–Crippen MR) is 92.9 cm³/mol. The van der Waals surface area contributed by atoms with Crippen molar-refractivity contribution in [3.05, 3.63) is 47.9 Å². The molecule has 0 unspecified atom stereocenters. The lowest BCUT2D eigenvalue weighted by Crippen LogP contribution is -2.24. The molecule has 0 amide bonds. The van der Waals surface area contributed by atoms with Gasteiger partial charge in [0, 0.05) is 36.9 Å². The summed E-state index contributed by atoms with van der Waals surface area (Å²) in [6.45, 7) is 2.47. The van der Waals surface area contributed by atoms with Gasteiger partial charge >= 0.3 is 0 Å². The maximum atomic E-state index is 11.4. The Kier molecular flexibility index (Phi) is 4.68. The van der Waals surface area contributed by atoms with Crippen molar-refractivity contribution in [1.29, 1.82) is 0 Å². The van der Waals surface area contributed by atoms with Crippen LogP contribution in [-0.2, 0) is 36.6 Å². The van der Waals surface area contributed by atoms with Crippen LogP contribution >= 0.6 is 0 Å². The number of sulfonamides is 1. The van der Waals surface area contributed by atoms with Crippen LogP contribution in [0.1, 0.15) is 18.2 Å². The molecule has 0 aliphatic rings. The van der Waals surface area contributed by atoms with Crippen molar-refractivity contribution >= 4 is 20.9 Å². The van der Waals surface area contributed by atoms with E-state index in [-0.39, 0.29) is 12.3 Å². The Morgan fingerprint density at radius 1 is 1.21 bits per heavy atom. The van der Waals surface area contributed by atoms with E-state index < -0.39 is 10.0 Å². The van der Waals surface area contributed by atoms with Crippen molar-refractivity contribution in [3.8, 4) is 0 Å². The molecule has 128 valence electrons. The topological polar surface area (TPSA) is 81.8 Å². The van der Waals surface area contributed by atoms with E-state index in [1.54, 1.807) is 17.8 Å². The summed E-state index contributed by atoms with van der Waals surface area (Å²) in [5, 5.41) is 9.33. The SMILES string of the molecule is CCS(=O)(=O)NCc1cn(CCc2cn(C)c3ccccc23)nn1. The van der Waals surface area contributed by atoms with E-state index in [1.807, 2.05) is 19.2 Å². The van der Waals surface area contributed by atoms with Gasteiger partial charge in [-0.2, -0.15) is 0 Å². The normalized spacial score (nSPS) is 12.1. The largest absolute Gasteiger partial charge is 0.350 e. The Morgan fingerprint density at radius 3 is 2.79 bits per heavy atom. The highest BCUT2D eigenvalue weighted by atomic mass is 32.2. The number of nitrogens with one attached hydrogen (secondary N) is 1. The molecule has 0 fully saturated rings. The molecule has 3 aromatic rings. The molecule has 0 aliphatic heterocycles. The van der Waals surface area contributed by atoms with Gasteiger partial charge in [0.05, 0.1) is 18.0 Å². The first-order chi connectivity index (χ1) is 11.5. The van der Waals surface area contributed by atoms with Crippen LogP contribution in [0.2, 0.25) is 0 Å². The Bertz CT molecular complexity index is 942. The second-order valence-electron chi connectivity index (χ2n) is 5.73. The van der Waals surface area contributed by atoms with Crippen molar-refractivity contribution in [3.63, 3.8) is 0 Å². The van der Waals surface area contributed by atoms with Crippen LogP contribution in [0, 0.1) is 0 Å². The summed E-state index contributed by atoms with van der Waals surface area (Å²) in [4.78, 5) is 0.